The lowest BCUT2D eigenvalue weighted by molar-refractivity contribution is -0.137. The number of aromatic nitrogens is 3. The van der Waals surface area contributed by atoms with Crippen LogP contribution in [0.1, 0.15) is 22.5 Å². The van der Waals surface area contributed by atoms with Crippen LogP contribution in [-0.4, -0.2) is 39.4 Å². The van der Waals surface area contributed by atoms with Crippen molar-refractivity contribution in [1.29, 1.82) is 0 Å². The number of benzene rings is 1. The standard InChI is InChI=1S/C21H16F3N5O4/c22-21(23,24)12-1-2-18(27-10-12)32-14-7-13(29-16-4-6-26-19(16)30)8-15(9-14)33-20(31)17-3-5-25-11-28-17/h1-3,5,7-11,16,29H,4,6H2,(H,26,30). The zero-order valence-electron chi connectivity index (χ0n) is 16.8. The molecule has 1 saturated heterocycles. The molecule has 1 amide bonds. The Morgan fingerprint density at radius 1 is 1.12 bits per heavy atom. The van der Waals surface area contributed by atoms with Crippen LogP contribution in [0.5, 0.6) is 17.4 Å². The fraction of sp³-hybridized carbons (Fsp3) is 0.190. The number of alkyl halides is 3. The fourth-order valence-corrected chi connectivity index (χ4v) is 3.01. The van der Waals surface area contributed by atoms with Gasteiger partial charge in [0.1, 0.15) is 23.9 Å². The maximum atomic E-state index is 12.8. The minimum Gasteiger partial charge on any atom is -0.439 e. The van der Waals surface area contributed by atoms with Crippen LogP contribution in [0.15, 0.2) is 55.1 Å². The number of anilines is 1. The Hall–Kier alpha value is -4.22. The van der Waals surface area contributed by atoms with Gasteiger partial charge in [0.25, 0.3) is 0 Å². The summed E-state index contributed by atoms with van der Waals surface area (Å²) < 4.78 is 49.2. The van der Waals surface area contributed by atoms with Crippen molar-refractivity contribution in [2.45, 2.75) is 18.6 Å². The van der Waals surface area contributed by atoms with E-state index in [1.54, 1.807) is 0 Å². The molecule has 33 heavy (non-hydrogen) atoms. The van der Waals surface area contributed by atoms with Gasteiger partial charge in [-0.25, -0.2) is 19.7 Å². The molecule has 2 N–H and O–H groups in total. The van der Waals surface area contributed by atoms with E-state index in [-0.39, 0.29) is 29.0 Å². The van der Waals surface area contributed by atoms with Crippen molar-refractivity contribution in [3.05, 3.63) is 66.4 Å². The lowest BCUT2D eigenvalue weighted by Gasteiger charge is -2.15. The molecule has 2 aromatic heterocycles. The number of carbonyl (C=O) groups excluding carboxylic acids is 2. The van der Waals surface area contributed by atoms with E-state index >= 15 is 0 Å². The monoisotopic (exact) mass is 459 g/mol. The second-order valence-corrected chi connectivity index (χ2v) is 6.94. The summed E-state index contributed by atoms with van der Waals surface area (Å²) >= 11 is 0. The third-order valence-electron chi connectivity index (χ3n) is 4.56. The molecule has 170 valence electrons. The molecule has 12 heteroatoms. The average molecular weight is 459 g/mol. The minimum absolute atomic E-state index is 0.0189. The van der Waals surface area contributed by atoms with Crippen LogP contribution in [0.4, 0.5) is 18.9 Å². The summed E-state index contributed by atoms with van der Waals surface area (Å²) in [6, 6.07) is 7.12. The van der Waals surface area contributed by atoms with Crippen molar-refractivity contribution in [3.8, 4) is 17.4 Å². The van der Waals surface area contributed by atoms with Crippen LogP contribution >= 0.6 is 0 Å². The van der Waals surface area contributed by atoms with Crippen molar-refractivity contribution >= 4 is 17.6 Å². The van der Waals surface area contributed by atoms with Gasteiger partial charge in [-0.05, 0) is 18.6 Å². The van der Waals surface area contributed by atoms with Gasteiger partial charge in [0.05, 0.1) is 5.56 Å². The minimum atomic E-state index is -4.53. The van der Waals surface area contributed by atoms with Crippen molar-refractivity contribution in [3.63, 3.8) is 0 Å². The van der Waals surface area contributed by atoms with Crippen LogP contribution in [0.25, 0.3) is 0 Å². The van der Waals surface area contributed by atoms with E-state index in [0.717, 1.165) is 12.1 Å². The molecule has 3 aromatic rings. The van der Waals surface area contributed by atoms with E-state index in [1.165, 1.54) is 36.8 Å². The number of halogens is 3. The predicted octanol–water partition coefficient (Wildman–Crippen LogP) is 3.20. The first-order chi connectivity index (χ1) is 15.8. The number of nitrogens with zero attached hydrogens (tertiary/aromatic N) is 3. The Kier molecular flexibility index (Phi) is 6.07. The molecule has 0 spiro atoms. The summed E-state index contributed by atoms with van der Waals surface area (Å²) in [4.78, 5) is 35.5. The predicted molar refractivity (Wildman–Crippen MR) is 108 cm³/mol. The van der Waals surface area contributed by atoms with Crippen molar-refractivity contribution < 1.29 is 32.2 Å². The fourth-order valence-electron chi connectivity index (χ4n) is 3.01. The smallest absolute Gasteiger partial charge is 0.417 e. The van der Waals surface area contributed by atoms with Crippen molar-refractivity contribution in [1.82, 2.24) is 20.3 Å². The Balaban J connectivity index is 1.59. The first-order valence-corrected chi connectivity index (χ1v) is 9.66. The molecule has 0 aliphatic carbocycles. The maximum Gasteiger partial charge on any atom is 0.417 e. The molecule has 0 saturated carbocycles. The average Bonchev–Trinajstić information content (AvgIpc) is 3.18. The number of esters is 1. The first-order valence-electron chi connectivity index (χ1n) is 9.66. The quantitative estimate of drug-likeness (QED) is 0.427. The van der Waals surface area contributed by atoms with Gasteiger partial charge in [-0.3, -0.25) is 4.79 Å². The lowest BCUT2D eigenvalue weighted by atomic mass is 10.2. The second kappa shape index (κ2) is 9.10. The number of nitrogens with one attached hydrogen (secondary N) is 2. The highest BCUT2D eigenvalue weighted by Crippen LogP contribution is 2.32. The molecular formula is C21H16F3N5O4. The molecule has 9 nitrogen and oxygen atoms in total. The largest absolute Gasteiger partial charge is 0.439 e. The van der Waals surface area contributed by atoms with E-state index in [2.05, 4.69) is 25.6 Å². The topological polar surface area (TPSA) is 115 Å². The van der Waals surface area contributed by atoms with E-state index in [9.17, 15) is 22.8 Å². The Labute approximate surface area is 185 Å². The molecule has 3 heterocycles. The maximum absolute atomic E-state index is 12.8. The summed E-state index contributed by atoms with van der Waals surface area (Å²) in [5, 5.41) is 5.72. The van der Waals surface area contributed by atoms with Crippen LogP contribution in [0, 0.1) is 0 Å². The highest BCUT2D eigenvalue weighted by Gasteiger charge is 2.30. The van der Waals surface area contributed by atoms with Gasteiger partial charge in [0.15, 0.2) is 5.69 Å². The highest BCUT2D eigenvalue weighted by atomic mass is 19.4. The van der Waals surface area contributed by atoms with Gasteiger partial charge in [-0.15, -0.1) is 0 Å². The summed E-state index contributed by atoms with van der Waals surface area (Å²) in [7, 11) is 0. The van der Waals surface area contributed by atoms with Gasteiger partial charge in [0.2, 0.25) is 11.8 Å². The Morgan fingerprint density at radius 2 is 1.94 bits per heavy atom. The number of amides is 1. The molecule has 1 aliphatic heterocycles. The lowest BCUT2D eigenvalue weighted by Crippen LogP contribution is -2.29. The highest BCUT2D eigenvalue weighted by molar-refractivity contribution is 5.89. The molecule has 0 radical (unpaired) electrons. The molecule has 1 fully saturated rings. The number of hydrogen-bond donors (Lipinski definition) is 2. The van der Waals surface area contributed by atoms with Crippen LogP contribution in [0.2, 0.25) is 0 Å². The van der Waals surface area contributed by atoms with Gasteiger partial charge in [-0.1, -0.05) is 0 Å². The van der Waals surface area contributed by atoms with E-state index < -0.39 is 23.8 Å². The molecular weight excluding hydrogens is 443 g/mol. The molecule has 0 bridgehead atoms. The normalized spacial score (nSPS) is 15.6. The van der Waals surface area contributed by atoms with E-state index in [0.29, 0.717) is 24.8 Å². The SMILES string of the molecule is O=C(Oc1cc(NC2CCNC2=O)cc(Oc2ccc(C(F)(F)F)cn2)c1)c1ccncn1. The van der Waals surface area contributed by atoms with Crippen LogP contribution < -0.4 is 20.1 Å². The van der Waals surface area contributed by atoms with Crippen LogP contribution in [-0.2, 0) is 11.0 Å². The number of pyridine rings is 1. The van der Waals surface area contributed by atoms with Crippen LogP contribution in [0.3, 0.4) is 0 Å². The summed E-state index contributed by atoms with van der Waals surface area (Å²) in [5.74, 6) is -0.871. The summed E-state index contributed by atoms with van der Waals surface area (Å²) in [6.45, 7) is 0.512. The third-order valence-corrected chi connectivity index (χ3v) is 4.56. The molecule has 1 aromatic carbocycles. The van der Waals surface area contributed by atoms with Gasteiger partial charge in [0, 0.05) is 48.9 Å². The van der Waals surface area contributed by atoms with E-state index in [4.69, 9.17) is 9.47 Å². The molecule has 4 rings (SSSR count). The number of carbonyl (C=O) groups is 2. The molecule has 1 unspecified atom stereocenters. The summed E-state index contributed by atoms with van der Waals surface area (Å²) in [6.07, 6.45) is -0.764. The van der Waals surface area contributed by atoms with E-state index in [1.807, 2.05) is 0 Å². The van der Waals surface area contributed by atoms with Gasteiger partial charge >= 0.3 is 12.1 Å². The molecule has 1 aliphatic rings. The second-order valence-electron chi connectivity index (χ2n) is 6.94. The number of ether oxygens (including phenoxy) is 2. The number of rotatable bonds is 6. The Bertz CT molecular complexity index is 1160. The van der Waals surface area contributed by atoms with Crippen molar-refractivity contribution in [2.75, 3.05) is 11.9 Å². The zero-order valence-corrected chi connectivity index (χ0v) is 16.8. The van der Waals surface area contributed by atoms with Gasteiger partial charge < -0.3 is 20.1 Å². The number of hydrogen-bond acceptors (Lipinski definition) is 8. The summed E-state index contributed by atoms with van der Waals surface area (Å²) in [5.41, 5.74) is -0.505. The van der Waals surface area contributed by atoms with Crippen molar-refractivity contribution in [2.24, 2.45) is 0 Å². The Morgan fingerprint density at radius 3 is 2.58 bits per heavy atom. The zero-order chi connectivity index (χ0) is 23.4. The molecule has 1 atom stereocenters. The third kappa shape index (κ3) is 5.53. The van der Waals surface area contributed by atoms with Gasteiger partial charge in [-0.2, -0.15) is 13.2 Å². The first kappa shape index (κ1) is 22.0.